The first-order valence-electron chi connectivity index (χ1n) is 7.12. The number of methoxy groups -OCH3 is 1. The van der Waals surface area contributed by atoms with Crippen LogP contribution in [0.15, 0.2) is 10.6 Å². The van der Waals surface area contributed by atoms with Gasteiger partial charge in [-0.15, -0.1) is 0 Å². The van der Waals surface area contributed by atoms with E-state index in [0.717, 1.165) is 44.8 Å². The number of hydrogen-bond donors (Lipinski definition) is 1. The number of piperidine rings is 1. The zero-order valence-electron chi connectivity index (χ0n) is 12.2. The maximum atomic E-state index is 11.8. The van der Waals surface area contributed by atoms with Gasteiger partial charge in [0.15, 0.2) is 0 Å². The van der Waals surface area contributed by atoms with Crippen molar-refractivity contribution in [2.45, 2.75) is 19.8 Å². The number of nitrogens with one attached hydrogen (secondary N) is 1. The van der Waals surface area contributed by atoms with Crippen molar-refractivity contribution in [1.82, 2.24) is 15.4 Å². The first-order valence-corrected chi connectivity index (χ1v) is 7.12. The van der Waals surface area contributed by atoms with E-state index in [0.29, 0.717) is 18.2 Å². The van der Waals surface area contributed by atoms with E-state index in [4.69, 9.17) is 9.26 Å². The van der Waals surface area contributed by atoms with E-state index in [-0.39, 0.29) is 5.91 Å². The van der Waals surface area contributed by atoms with Crippen molar-refractivity contribution in [2.24, 2.45) is 5.92 Å². The molecule has 1 aliphatic rings. The maximum absolute atomic E-state index is 11.8. The molecule has 1 aliphatic heterocycles. The molecule has 0 radical (unpaired) electrons. The molecule has 0 saturated carbocycles. The molecule has 1 N–H and O–H groups in total. The molecule has 0 spiro atoms. The van der Waals surface area contributed by atoms with Crippen LogP contribution in [-0.2, 0) is 4.74 Å². The number of hydrogen-bond acceptors (Lipinski definition) is 5. The van der Waals surface area contributed by atoms with Crippen molar-refractivity contribution >= 4 is 5.91 Å². The molecule has 6 heteroatoms. The summed E-state index contributed by atoms with van der Waals surface area (Å²) in [5, 5.41) is 6.64. The molecule has 0 aliphatic carbocycles. The molecule has 2 rings (SSSR count). The first kappa shape index (κ1) is 15.0. The van der Waals surface area contributed by atoms with Crippen LogP contribution >= 0.6 is 0 Å². The molecule has 1 saturated heterocycles. The minimum atomic E-state index is -0.174. The fraction of sp³-hybridized carbons (Fsp3) is 0.714. The van der Waals surface area contributed by atoms with Gasteiger partial charge in [-0.1, -0.05) is 5.16 Å². The standard InChI is InChI=1S/C14H23N3O3/c1-11-9-13(20-16-11)14(18)15-10-12-3-5-17(6-4-12)7-8-19-2/h9,12H,3-8,10H2,1-2H3,(H,15,18). The van der Waals surface area contributed by atoms with Crippen molar-refractivity contribution < 1.29 is 14.1 Å². The monoisotopic (exact) mass is 281 g/mol. The zero-order valence-corrected chi connectivity index (χ0v) is 12.2. The molecule has 1 amide bonds. The number of carbonyl (C=O) groups is 1. The van der Waals surface area contributed by atoms with E-state index in [9.17, 15) is 4.79 Å². The van der Waals surface area contributed by atoms with Gasteiger partial charge < -0.3 is 19.5 Å². The average molecular weight is 281 g/mol. The smallest absolute Gasteiger partial charge is 0.289 e. The molecule has 0 atom stereocenters. The van der Waals surface area contributed by atoms with Gasteiger partial charge in [-0.05, 0) is 38.8 Å². The normalized spacial score (nSPS) is 17.3. The minimum absolute atomic E-state index is 0.174. The Morgan fingerprint density at radius 3 is 2.90 bits per heavy atom. The average Bonchev–Trinajstić information content (AvgIpc) is 2.90. The molecule has 1 fully saturated rings. The lowest BCUT2D eigenvalue weighted by Gasteiger charge is -2.31. The quantitative estimate of drug-likeness (QED) is 0.845. The summed E-state index contributed by atoms with van der Waals surface area (Å²) in [6, 6.07) is 1.66. The second-order valence-electron chi connectivity index (χ2n) is 5.32. The highest BCUT2D eigenvalue weighted by atomic mass is 16.5. The number of amides is 1. The molecule has 1 aromatic heterocycles. The van der Waals surface area contributed by atoms with Crippen LogP contribution in [0.25, 0.3) is 0 Å². The SMILES string of the molecule is COCCN1CCC(CNC(=O)c2cc(C)no2)CC1. The van der Waals surface area contributed by atoms with Gasteiger partial charge in [0.1, 0.15) is 0 Å². The molecule has 0 unspecified atom stereocenters. The van der Waals surface area contributed by atoms with Crippen molar-refractivity contribution in [3.05, 3.63) is 17.5 Å². The Morgan fingerprint density at radius 1 is 1.55 bits per heavy atom. The predicted molar refractivity (Wildman–Crippen MR) is 74.6 cm³/mol. The summed E-state index contributed by atoms with van der Waals surface area (Å²) in [6.07, 6.45) is 2.22. The van der Waals surface area contributed by atoms with Gasteiger partial charge in [-0.25, -0.2) is 0 Å². The molecule has 0 aromatic carbocycles. The lowest BCUT2D eigenvalue weighted by Crippen LogP contribution is -2.39. The van der Waals surface area contributed by atoms with E-state index < -0.39 is 0 Å². The van der Waals surface area contributed by atoms with Crippen molar-refractivity contribution in [3.63, 3.8) is 0 Å². The Labute approximate surface area is 119 Å². The number of aryl methyl sites for hydroxylation is 1. The van der Waals surface area contributed by atoms with Gasteiger partial charge >= 0.3 is 0 Å². The van der Waals surface area contributed by atoms with Crippen LogP contribution < -0.4 is 5.32 Å². The Balaban J connectivity index is 1.67. The number of ether oxygens (including phenoxy) is 1. The van der Waals surface area contributed by atoms with Crippen LogP contribution in [0.4, 0.5) is 0 Å². The highest BCUT2D eigenvalue weighted by molar-refractivity contribution is 5.91. The summed E-state index contributed by atoms with van der Waals surface area (Å²) in [5.41, 5.74) is 0.724. The Kier molecular flexibility index (Phi) is 5.55. The number of nitrogens with zero attached hydrogens (tertiary/aromatic N) is 2. The highest BCUT2D eigenvalue weighted by Gasteiger charge is 2.20. The number of carbonyl (C=O) groups excluding carboxylic acids is 1. The summed E-state index contributed by atoms with van der Waals surface area (Å²) in [4.78, 5) is 14.2. The largest absolute Gasteiger partial charge is 0.383 e. The fourth-order valence-electron chi connectivity index (χ4n) is 2.43. The molecule has 112 valence electrons. The van der Waals surface area contributed by atoms with Crippen LogP contribution in [0.1, 0.15) is 29.1 Å². The van der Waals surface area contributed by atoms with Crippen LogP contribution in [0.5, 0.6) is 0 Å². The molecule has 6 nitrogen and oxygen atoms in total. The summed E-state index contributed by atoms with van der Waals surface area (Å²) in [7, 11) is 1.73. The molecular weight excluding hydrogens is 258 g/mol. The van der Waals surface area contributed by atoms with Gasteiger partial charge in [0.05, 0.1) is 12.3 Å². The highest BCUT2D eigenvalue weighted by Crippen LogP contribution is 2.16. The third kappa shape index (κ3) is 4.31. The van der Waals surface area contributed by atoms with E-state index in [2.05, 4.69) is 15.4 Å². The first-order chi connectivity index (χ1) is 9.69. The van der Waals surface area contributed by atoms with Crippen LogP contribution in [0.3, 0.4) is 0 Å². The number of likely N-dealkylation sites (tertiary alicyclic amines) is 1. The van der Waals surface area contributed by atoms with Crippen LogP contribution in [0.2, 0.25) is 0 Å². The Hall–Kier alpha value is -1.40. The summed E-state index contributed by atoms with van der Waals surface area (Å²) in [5.74, 6) is 0.661. The third-order valence-corrected chi connectivity index (χ3v) is 3.72. The molecule has 1 aromatic rings. The van der Waals surface area contributed by atoms with Crippen molar-refractivity contribution in [3.8, 4) is 0 Å². The topological polar surface area (TPSA) is 67.6 Å². The molecular formula is C14H23N3O3. The van der Waals surface area contributed by atoms with Gasteiger partial charge in [0, 0.05) is 26.3 Å². The molecule has 0 bridgehead atoms. The van der Waals surface area contributed by atoms with E-state index in [1.807, 2.05) is 0 Å². The van der Waals surface area contributed by atoms with Crippen LogP contribution in [-0.4, -0.2) is 55.9 Å². The van der Waals surface area contributed by atoms with Crippen molar-refractivity contribution in [1.29, 1.82) is 0 Å². The predicted octanol–water partition coefficient (Wildman–Crippen LogP) is 1.07. The number of rotatable bonds is 6. The van der Waals surface area contributed by atoms with Gasteiger partial charge in [0.2, 0.25) is 5.76 Å². The molecule has 2 heterocycles. The zero-order chi connectivity index (χ0) is 14.4. The minimum Gasteiger partial charge on any atom is -0.383 e. The van der Waals surface area contributed by atoms with Gasteiger partial charge in [0.25, 0.3) is 5.91 Å². The van der Waals surface area contributed by atoms with Gasteiger partial charge in [-0.2, -0.15) is 0 Å². The maximum Gasteiger partial charge on any atom is 0.289 e. The van der Waals surface area contributed by atoms with E-state index >= 15 is 0 Å². The molecule has 20 heavy (non-hydrogen) atoms. The lowest BCUT2D eigenvalue weighted by atomic mass is 9.97. The van der Waals surface area contributed by atoms with E-state index in [1.54, 1.807) is 20.1 Å². The third-order valence-electron chi connectivity index (χ3n) is 3.72. The van der Waals surface area contributed by atoms with Crippen LogP contribution in [0, 0.1) is 12.8 Å². The number of aromatic nitrogens is 1. The van der Waals surface area contributed by atoms with Crippen molar-refractivity contribution in [2.75, 3.05) is 39.9 Å². The van der Waals surface area contributed by atoms with E-state index in [1.165, 1.54) is 0 Å². The summed E-state index contributed by atoms with van der Waals surface area (Å²) < 4.78 is 10.0. The second kappa shape index (κ2) is 7.40. The Morgan fingerprint density at radius 2 is 2.30 bits per heavy atom. The summed E-state index contributed by atoms with van der Waals surface area (Å²) >= 11 is 0. The summed E-state index contributed by atoms with van der Waals surface area (Å²) in [6.45, 7) is 6.43. The fourth-order valence-corrected chi connectivity index (χ4v) is 2.43. The lowest BCUT2D eigenvalue weighted by molar-refractivity contribution is 0.0890. The Bertz CT molecular complexity index is 425. The second-order valence-corrected chi connectivity index (χ2v) is 5.32. The van der Waals surface area contributed by atoms with Gasteiger partial charge in [-0.3, -0.25) is 4.79 Å².